The van der Waals surface area contributed by atoms with Gasteiger partial charge in [0.05, 0.1) is 11.6 Å². The van der Waals surface area contributed by atoms with Crippen LogP contribution in [0.2, 0.25) is 0 Å². The van der Waals surface area contributed by atoms with Crippen molar-refractivity contribution >= 4 is 5.91 Å². The largest absolute Gasteiger partial charge is 0.388 e. The van der Waals surface area contributed by atoms with Crippen molar-refractivity contribution in [3.8, 4) is 0 Å². The van der Waals surface area contributed by atoms with E-state index in [1.54, 1.807) is 11.9 Å². The van der Waals surface area contributed by atoms with Crippen LogP contribution in [-0.2, 0) is 9.53 Å². The number of aliphatic hydroxyl groups is 1. The zero-order valence-corrected chi connectivity index (χ0v) is 10.8. The zero-order chi connectivity index (χ0) is 12.9. The van der Waals surface area contributed by atoms with Crippen LogP contribution < -0.4 is 5.73 Å². The highest BCUT2D eigenvalue weighted by molar-refractivity contribution is 5.81. The molecule has 0 bridgehead atoms. The van der Waals surface area contributed by atoms with Crippen molar-refractivity contribution in [2.45, 2.75) is 44.2 Å². The fourth-order valence-electron chi connectivity index (χ4n) is 2.15. The van der Waals surface area contributed by atoms with Crippen LogP contribution in [0.3, 0.4) is 0 Å². The zero-order valence-electron chi connectivity index (χ0n) is 10.8. The number of likely N-dealkylation sites (N-methyl/N-ethyl adjacent to an activating group) is 1. The summed E-state index contributed by atoms with van der Waals surface area (Å²) in [7, 11) is 1.70. The summed E-state index contributed by atoms with van der Waals surface area (Å²) < 4.78 is 5.20. The average Bonchev–Trinajstić information content (AvgIpc) is 2.28. The lowest BCUT2D eigenvalue weighted by Crippen LogP contribution is -2.51. The third-order valence-corrected chi connectivity index (χ3v) is 3.25. The Morgan fingerprint density at radius 2 is 2.12 bits per heavy atom. The van der Waals surface area contributed by atoms with Crippen LogP contribution in [0.1, 0.15) is 32.6 Å². The maximum atomic E-state index is 11.9. The fraction of sp³-hybridized carbons (Fsp3) is 0.917. The van der Waals surface area contributed by atoms with Gasteiger partial charge in [-0.2, -0.15) is 0 Å². The van der Waals surface area contributed by atoms with E-state index in [-0.39, 0.29) is 5.91 Å². The van der Waals surface area contributed by atoms with E-state index in [1.807, 2.05) is 6.92 Å². The number of hydrogen-bond acceptors (Lipinski definition) is 4. The molecule has 0 radical (unpaired) electrons. The molecule has 1 rings (SSSR count). The first-order chi connectivity index (χ1) is 7.98. The molecular weight excluding hydrogens is 220 g/mol. The number of carbonyl (C=O) groups excluding carboxylic acids is 1. The van der Waals surface area contributed by atoms with Crippen molar-refractivity contribution in [2.75, 3.05) is 26.8 Å². The topological polar surface area (TPSA) is 75.8 Å². The third kappa shape index (κ3) is 4.26. The quantitative estimate of drug-likeness (QED) is 0.720. The van der Waals surface area contributed by atoms with Gasteiger partial charge in [-0.3, -0.25) is 4.79 Å². The minimum atomic E-state index is -0.811. The van der Waals surface area contributed by atoms with E-state index in [0.717, 1.165) is 6.42 Å². The molecule has 3 N–H and O–H groups in total. The Hall–Kier alpha value is -0.650. The second-order valence-electron chi connectivity index (χ2n) is 4.93. The molecule has 0 aromatic carbocycles. The number of rotatable bonds is 5. The van der Waals surface area contributed by atoms with Gasteiger partial charge in [-0.05, 0) is 6.42 Å². The van der Waals surface area contributed by atoms with Crippen LogP contribution in [0.25, 0.3) is 0 Å². The van der Waals surface area contributed by atoms with Gasteiger partial charge >= 0.3 is 0 Å². The number of nitrogens with zero attached hydrogens (tertiary/aromatic N) is 1. The van der Waals surface area contributed by atoms with Gasteiger partial charge < -0.3 is 20.5 Å². The number of nitrogens with two attached hydrogens (primary N) is 1. The molecule has 5 heteroatoms. The number of ether oxygens (including phenoxy) is 1. The Balaban J connectivity index is 2.46. The summed E-state index contributed by atoms with van der Waals surface area (Å²) in [5.74, 6) is -0.0910. The van der Waals surface area contributed by atoms with E-state index < -0.39 is 11.6 Å². The summed E-state index contributed by atoms with van der Waals surface area (Å²) in [6.07, 6.45) is 2.73. The van der Waals surface area contributed by atoms with Crippen LogP contribution in [-0.4, -0.2) is 54.4 Å². The summed E-state index contributed by atoms with van der Waals surface area (Å²) in [5.41, 5.74) is 4.97. The molecule has 5 nitrogen and oxygen atoms in total. The summed E-state index contributed by atoms with van der Waals surface area (Å²) >= 11 is 0. The number of amides is 1. The van der Waals surface area contributed by atoms with Gasteiger partial charge in [-0.1, -0.05) is 13.3 Å². The van der Waals surface area contributed by atoms with Crippen LogP contribution >= 0.6 is 0 Å². The van der Waals surface area contributed by atoms with Gasteiger partial charge in [-0.25, -0.2) is 0 Å². The smallest absolute Gasteiger partial charge is 0.239 e. The van der Waals surface area contributed by atoms with Crippen molar-refractivity contribution < 1.29 is 14.6 Å². The molecule has 1 fully saturated rings. The molecule has 0 aliphatic carbocycles. The van der Waals surface area contributed by atoms with Crippen molar-refractivity contribution in [1.29, 1.82) is 0 Å². The minimum absolute atomic E-state index is 0.0910. The standard InChI is InChI=1S/C12H24N2O3/c1-3-4-10(13)11(15)14(2)9-12(16)5-7-17-8-6-12/h10,16H,3-9,13H2,1-2H3. The predicted octanol–water partition coefficient (Wildman–Crippen LogP) is 0.114. The molecule has 1 atom stereocenters. The molecule has 1 heterocycles. The molecule has 0 aromatic heterocycles. The Labute approximate surface area is 103 Å². The van der Waals surface area contributed by atoms with Gasteiger partial charge in [-0.15, -0.1) is 0 Å². The van der Waals surface area contributed by atoms with Crippen molar-refractivity contribution in [1.82, 2.24) is 4.90 Å². The van der Waals surface area contributed by atoms with Gasteiger partial charge in [0.2, 0.25) is 5.91 Å². The van der Waals surface area contributed by atoms with Crippen LogP contribution in [0, 0.1) is 0 Å². The normalized spacial score (nSPS) is 20.9. The van der Waals surface area contributed by atoms with Crippen LogP contribution in [0.5, 0.6) is 0 Å². The van der Waals surface area contributed by atoms with Gasteiger partial charge in [0, 0.05) is 39.6 Å². The Morgan fingerprint density at radius 1 is 1.53 bits per heavy atom. The molecule has 17 heavy (non-hydrogen) atoms. The number of hydrogen-bond donors (Lipinski definition) is 2. The highest BCUT2D eigenvalue weighted by Crippen LogP contribution is 2.21. The van der Waals surface area contributed by atoms with E-state index in [4.69, 9.17) is 10.5 Å². The first-order valence-electron chi connectivity index (χ1n) is 6.29. The second kappa shape index (κ2) is 6.33. The SMILES string of the molecule is CCCC(N)C(=O)N(C)CC1(O)CCOCC1. The molecule has 1 saturated heterocycles. The molecule has 0 aromatic rings. The summed E-state index contributed by atoms with van der Waals surface area (Å²) in [5, 5.41) is 10.3. The lowest BCUT2D eigenvalue weighted by molar-refractivity contribution is -0.138. The molecule has 100 valence electrons. The highest BCUT2D eigenvalue weighted by Gasteiger charge is 2.33. The molecule has 1 aliphatic rings. The average molecular weight is 244 g/mol. The Kier molecular flexibility index (Phi) is 5.36. The molecule has 1 unspecified atom stereocenters. The lowest BCUT2D eigenvalue weighted by atomic mass is 9.93. The lowest BCUT2D eigenvalue weighted by Gasteiger charge is -2.36. The van der Waals surface area contributed by atoms with E-state index in [2.05, 4.69) is 0 Å². The number of carbonyl (C=O) groups is 1. The summed E-state index contributed by atoms with van der Waals surface area (Å²) in [4.78, 5) is 13.5. The maximum absolute atomic E-state index is 11.9. The third-order valence-electron chi connectivity index (χ3n) is 3.25. The molecule has 0 spiro atoms. The molecule has 1 aliphatic heterocycles. The van der Waals surface area contributed by atoms with E-state index in [0.29, 0.717) is 39.0 Å². The highest BCUT2D eigenvalue weighted by atomic mass is 16.5. The minimum Gasteiger partial charge on any atom is -0.388 e. The van der Waals surface area contributed by atoms with Gasteiger partial charge in [0.1, 0.15) is 0 Å². The summed E-state index contributed by atoms with van der Waals surface area (Å²) in [6.45, 7) is 3.45. The first-order valence-corrected chi connectivity index (χ1v) is 6.29. The second-order valence-corrected chi connectivity index (χ2v) is 4.93. The molecule has 1 amide bonds. The van der Waals surface area contributed by atoms with E-state index in [1.165, 1.54) is 0 Å². The predicted molar refractivity (Wildman–Crippen MR) is 65.5 cm³/mol. The van der Waals surface area contributed by atoms with Crippen LogP contribution in [0.4, 0.5) is 0 Å². The van der Waals surface area contributed by atoms with Crippen molar-refractivity contribution in [3.05, 3.63) is 0 Å². The van der Waals surface area contributed by atoms with E-state index in [9.17, 15) is 9.90 Å². The monoisotopic (exact) mass is 244 g/mol. The maximum Gasteiger partial charge on any atom is 0.239 e. The van der Waals surface area contributed by atoms with Gasteiger partial charge in [0.15, 0.2) is 0 Å². The first kappa shape index (κ1) is 14.4. The Bertz CT molecular complexity index is 252. The van der Waals surface area contributed by atoms with Crippen LogP contribution in [0.15, 0.2) is 0 Å². The molecular formula is C12H24N2O3. The van der Waals surface area contributed by atoms with Crippen molar-refractivity contribution in [2.24, 2.45) is 5.73 Å². The van der Waals surface area contributed by atoms with E-state index >= 15 is 0 Å². The molecule has 0 saturated carbocycles. The van der Waals surface area contributed by atoms with Crippen molar-refractivity contribution in [3.63, 3.8) is 0 Å². The van der Waals surface area contributed by atoms with Gasteiger partial charge in [0.25, 0.3) is 0 Å². The summed E-state index contributed by atoms with van der Waals surface area (Å²) in [6, 6.07) is -0.451. The fourth-order valence-corrected chi connectivity index (χ4v) is 2.15. The Morgan fingerprint density at radius 3 is 2.65 bits per heavy atom.